The summed E-state index contributed by atoms with van der Waals surface area (Å²) in [6.45, 7) is 3.78. The Morgan fingerprint density at radius 2 is 1.94 bits per heavy atom. The van der Waals surface area contributed by atoms with Gasteiger partial charge in [0.05, 0.1) is 28.5 Å². The van der Waals surface area contributed by atoms with Crippen LogP contribution in [0.1, 0.15) is 37.1 Å². The molecule has 0 atom stereocenters. The molecule has 1 fully saturated rings. The lowest BCUT2D eigenvalue weighted by molar-refractivity contribution is -0.0498. The van der Waals surface area contributed by atoms with Gasteiger partial charge in [0.2, 0.25) is 5.92 Å². The molecule has 5 rings (SSSR count). The van der Waals surface area contributed by atoms with Crippen LogP contribution in [0.3, 0.4) is 0 Å². The molecule has 0 saturated heterocycles. The van der Waals surface area contributed by atoms with Gasteiger partial charge in [-0.25, -0.2) is 13.8 Å². The zero-order chi connectivity index (χ0) is 22.7. The number of aryl methyl sites for hydroxylation is 2. The van der Waals surface area contributed by atoms with E-state index in [1.807, 2.05) is 26.2 Å². The van der Waals surface area contributed by atoms with Gasteiger partial charge in [0.15, 0.2) is 12.2 Å². The first-order valence-corrected chi connectivity index (χ1v) is 10.9. The highest BCUT2D eigenvalue weighted by atomic mass is 19.3. The van der Waals surface area contributed by atoms with Gasteiger partial charge in [-0.15, -0.1) is 0 Å². The van der Waals surface area contributed by atoms with Gasteiger partial charge in [0, 0.05) is 36.4 Å². The van der Waals surface area contributed by atoms with Gasteiger partial charge in [0.25, 0.3) is 0 Å². The predicted molar refractivity (Wildman–Crippen MR) is 122 cm³/mol. The van der Waals surface area contributed by atoms with Crippen molar-refractivity contribution in [2.75, 3.05) is 0 Å². The summed E-state index contributed by atoms with van der Waals surface area (Å²) in [4.78, 5) is 8.84. The summed E-state index contributed by atoms with van der Waals surface area (Å²) >= 11 is 0. The normalized spacial score (nSPS) is 17.2. The molecule has 10 heteroatoms. The van der Waals surface area contributed by atoms with Crippen molar-refractivity contribution < 1.29 is 17.7 Å². The summed E-state index contributed by atoms with van der Waals surface area (Å²) in [6.07, 6.45) is 7.70. The first kappa shape index (κ1) is 21.0. The van der Waals surface area contributed by atoms with Gasteiger partial charge in [-0.1, -0.05) is 5.16 Å². The lowest BCUT2D eigenvalue weighted by atomic mass is 9.52. The molecule has 0 amide bonds. The molecule has 164 valence electrons. The third-order valence-electron chi connectivity index (χ3n) is 7.00. The van der Waals surface area contributed by atoms with Crippen molar-refractivity contribution in [2.45, 2.75) is 50.8 Å². The summed E-state index contributed by atoms with van der Waals surface area (Å²) < 4.78 is 40.8. The van der Waals surface area contributed by atoms with Crippen molar-refractivity contribution in [2.24, 2.45) is 5.92 Å². The molecule has 32 heavy (non-hydrogen) atoms. The summed E-state index contributed by atoms with van der Waals surface area (Å²) in [7, 11) is 4.24. The van der Waals surface area contributed by atoms with E-state index in [2.05, 4.69) is 36.5 Å². The number of nitrogens with zero attached hydrogens (tertiary/aromatic N) is 4. The lowest BCUT2D eigenvalue weighted by Crippen LogP contribution is -2.45. The highest BCUT2D eigenvalue weighted by Crippen LogP contribution is 2.43. The summed E-state index contributed by atoms with van der Waals surface area (Å²) in [5.41, 5.74) is 5.15. The van der Waals surface area contributed by atoms with E-state index >= 15 is 0 Å². The number of alkyl halides is 2. The van der Waals surface area contributed by atoms with Gasteiger partial charge >= 0.3 is 0 Å². The Hall–Kier alpha value is -2.90. The molecule has 0 aliphatic heterocycles. The number of aromatic nitrogens is 4. The molecule has 4 aromatic rings. The van der Waals surface area contributed by atoms with Crippen LogP contribution in [0.25, 0.3) is 33.5 Å². The van der Waals surface area contributed by atoms with Crippen molar-refractivity contribution in [1.82, 2.24) is 19.7 Å². The number of oxazole rings is 1. The van der Waals surface area contributed by atoms with Crippen LogP contribution in [0.5, 0.6) is 0 Å². The van der Waals surface area contributed by atoms with Crippen LogP contribution in [0.4, 0.5) is 8.78 Å². The second-order valence-electron chi connectivity index (χ2n) is 9.35. The quantitative estimate of drug-likeness (QED) is 0.457. The monoisotopic (exact) mass is 436 g/mol. The molecule has 6 nitrogen and oxygen atoms in total. The van der Waals surface area contributed by atoms with Crippen molar-refractivity contribution in [1.29, 1.82) is 0 Å². The van der Waals surface area contributed by atoms with Gasteiger partial charge in [-0.3, -0.25) is 4.98 Å². The van der Waals surface area contributed by atoms with Crippen molar-refractivity contribution in [3.63, 3.8) is 0 Å². The highest BCUT2D eigenvalue weighted by molar-refractivity contribution is 6.38. The minimum absolute atomic E-state index is 0.0716. The summed E-state index contributed by atoms with van der Waals surface area (Å²) in [6, 6.07) is 2.08. The maximum absolute atomic E-state index is 13.8. The Morgan fingerprint density at radius 1 is 1.19 bits per heavy atom. The molecule has 0 spiro atoms. The smallest absolute Gasteiger partial charge is 0.248 e. The molecule has 4 heterocycles. The molecule has 0 aromatic carbocycles. The number of hydrogen-bond acceptors (Lipinski definition) is 5. The molecule has 0 radical (unpaired) electrons. The van der Waals surface area contributed by atoms with E-state index in [0.717, 1.165) is 39.2 Å². The second kappa shape index (κ2) is 7.32. The molecular weight excluding hydrogens is 412 g/mol. The van der Waals surface area contributed by atoms with Gasteiger partial charge in [0.1, 0.15) is 21.5 Å². The molecular formula is C22H24B2F2N4O2. The summed E-state index contributed by atoms with van der Waals surface area (Å²) in [5.74, 6) is -1.10. The van der Waals surface area contributed by atoms with Crippen LogP contribution >= 0.6 is 0 Å². The average molecular weight is 436 g/mol. The van der Waals surface area contributed by atoms with E-state index in [1.54, 1.807) is 6.20 Å². The van der Waals surface area contributed by atoms with E-state index in [9.17, 15) is 8.78 Å². The van der Waals surface area contributed by atoms with E-state index < -0.39 is 11.3 Å². The molecule has 0 unspecified atom stereocenters. The fourth-order valence-corrected chi connectivity index (χ4v) is 5.09. The van der Waals surface area contributed by atoms with Crippen LogP contribution in [-0.2, 0) is 5.34 Å². The van der Waals surface area contributed by atoms with Crippen LogP contribution in [0.15, 0.2) is 40.0 Å². The molecule has 1 aliphatic carbocycles. The Balaban J connectivity index is 1.68. The maximum atomic E-state index is 13.8. The Morgan fingerprint density at radius 3 is 2.56 bits per heavy atom. The zero-order valence-corrected chi connectivity index (χ0v) is 18.7. The second-order valence-corrected chi connectivity index (χ2v) is 9.35. The average Bonchev–Trinajstić information content (AvgIpc) is 3.46. The van der Waals surface area contributed by atoms with Crippen LogP contribution in [-0.4, -0.2) is 41.3 Å². The van der Waals surface area contributed by atoms with Gasteiger partial charge in [-0.2, -0.15) is 0 Å². The predicted octanol–water partition coefficient (Wildman–Crippen LogP) is 3.67. The third-order valence-corrected chi connectivity index (χ3v) is 7.00. The van der Waals surface area contributed by atoms with Crippen LogP contribution in [0, 0.1) is 19.8 Å². The van der Waals surface area contributed by atoms with Crippen LogP contribution < -0.4 is 0 Å². The molecule has 4 aromatic heterocycles. The Bertz CT molecular complexity index is 1250. The van der Waals surface area contributed by atoms with Gasteiger partial charge < -0.3 is 13.5 Å². The number of fused-ring (bicyclic) bond motifs is 1. The molecule has 0 N–H and O–H groups in total. The fraction of sp³-hybridized carbons (Fsp3) is 0.409. The Kier molecular flexibility index (Phi) is 4.80. The standard InChI is InChI=1S/C22H24B2F2N4O2/c1-12-19(13(2)32-29-12)14-7-17-20(28-8-14)16(18-9-27-11-31-18)10-30(17)22(23,24)15-3-5-21(25,26)6-4-15/h7-11,15H,3-6,23-24H2,1-2H3. The first-order valence-electron chi connectivity index (χ1n) is 10.9. The lowest BCUT2D eigenvalue weighted by Gasteiger charge is -2.41. The van der Waals surface area contributed by atoms with E-state index in [4.69, 9.17) is 13.9 Å². The largest absolute Gasteiger partial charge is 0.443 e. The van der Waals surface area contributed by atoms with Crippen LogP contribution in [0.2, 0.25) is 0 Å². The molecule has 0 bridgehead atoms. The highest BCUT2D eigenvalue weighted by Gasteiger charge is 2.41. The molecule has 1 saturated carbocycles. The summed E-state index contributed by atoms with van der Waals surface area (Å²) in [5, 5.41) is 3.68. The molecule has 1 aliphatic rings. The zero-order valence-electron chi connectivity index (χ0n) is 18.7. The number of pyridine rings is 1. The minimum Gasteiger partial charge on any atom is -0.443 e. The maximum Gasteiger partial charge on any atom is 0.248 e. The SMILES string of the molecule is BC(B)(C1CCC(F)(F)CC1)n1cc(-c2cnco2)c2ncc(-c3c(C)noc3C)cc21. The topological polar surface area (TPSA) is 69.9 Å². The van der Waals surface area contributed by atoms with E-state index in [1.165, 1.54) is 6.39 Å². The minimum atomic E-state index is -2.56. The van der Waals surface area contributed by atoms with Gasteiger partial charge in [-0.05, 0) is 44.0 Å². The van der Waals surface area contributed by atoms with Crippen molar-refractivity contribution >= 4 is 26.7 Å². The number of halogens is 2. The fourth-order valence-electron chi connectivity index (χ4n) is 5.09. The first-order chi connectivity index (χ1) is 15.2. The third kappa shape index (κ3) is 3.36. The van der Waals surface area contributed by atoms with Crippen molar-refractivity contribution in [3.05, 3.63) is 42.5 Å². The van der Waals surface area contributed by atoms with Crippen molar-refractivity contribution in [3.8, 4) is 22.5 Å². The van der Waals surface area contributed by atoms with E-state index in [0.29, 0.717) is 18.6 Å². The number of hydrogen-bond donors (Lipinski definition) is 0. The Labute approximate surface area is 186 Å². The number of rotatable bonds is 4. The van der Waals surface area contributed by atoms with E-state index in [-0.39, 0.29) is 18.8 Å².